The second-order valence-electron chi connectivity index (χ2n) is 6.70. The van der Waals surface area contributed by atoms with E-state index in [1.165, 1.54) is 44.4 Å². The standard InChI is InChI=1S/C16H36N2S/c1-15(11-14-19-6)18(5)13-10-8-7-9-12-17-16(2,3)4/h15,17H,7-14H2,1-6H3. The Balaban J connectivity index is 3.38. The Hall–Kier alpha value is 0.270. The Morgan fingerprint density at radius 1 is 1.11 bits per heavy atom. The minimum absolute atomic E-state index is 0.271. The number of unbranched alkanes of at least 4 members (excludes halogenated alkanes) is 3. The quantitative estimate of drug-likeness (QED) is 0.578. The summed E-state index contributed by atoms with van der Waals surface area (Å²) in [6, 6.07) is 0.731. The van der Waals surface area contributed by atoms with Gasteiger partial charge in [0, 0.05) is 11.6 Å². The second-order valence-corrected chi connectivity index (χ2v) is 7.69. The molecule has 0 aliphatic heterocycles. The van der Waals surface area contributed by atoms with Crippen molar-refractivity contribution in [1.29, 1.82) is 0 Å². The summed E-state index contributed by atoms with van der Waals surface area (Å²) in [4.78, 5) is 2.52. The maximum Gasteiger partial charge on any atom is 0.00965 e. The highest BCUT2D eigenvalue weighted by Crippen LogP contribution is 2.08. The fourth-order valence-corrected chi connectivity index (χ4v) is 2.61. The largest absolute Gasteiger partial charge is 0.312 e. The molecule has 1 unspecified atom stereocenters. The van der Waals surface area contributed by atoms with Crippen molar-refractivity contribution in [3.63, 3.8) is 0 Å². The minimum atomic E-state index is 0.271. The van der Waals surface area contributed by atoms with E-state index in [2.05, 4.69) is 51.2 Å². The van der Waals surface area contributed by atoms with Crippen molar-refractivity contribution >= 4 is 11.8 Å². The number of rotatable bonds is 11. The van der Waals surface area contributed by atoms with E-state index in [0.29, 0.717) is 0 Å². The third kappa shape index (κ3) is 13.0. The summed E-state index contributed by atoms with van der Waals surface area (Å²) >= 11 is 1.95. The molecule has 116 valence electrons. The van der Waals surface area contributed by atoms with E-state index in [9.17, 15) is 0 Å². The first-order chi connectivity index (χ1) is 8.87. The van der Waals surface area contributed by atoms with Crippen LogP contribution in [0.25, 0.3) is 0 Å². The Labute approximate surface area is 126 Å². The molecule has 0 aromatic rings. The molecule has 3 heteroatoms. The SMILES string of the molecule is CSCCC(C)N(C)CCCCCCNC(C)(C)C. The summed E-state index contributed by atoms with van der Waals surface area (Å²) in [5.74, 6) is 1.28. The zero-order chi connectivity index (χ0) is 14.7. The lowest BCUT2D eigenvalue weighted by Crippen LogP contribution is -2.36. The molecule has 0 aromatic heterocycles. The summed E-state index contributed by atoms with van der Waals surface area (Å²) in [7, 11) is 2.27. The van der Waals surface area contributed by atoms with Crippen LogP contribution in [-0.4, -0.2) is 48.6 Å². The van der Waals surface area contributed by atoms with Crippen molar-refractivity contribution in [2.75, 3.05) is 32.1 Å². The van der Waals surface area contributed by atoms with Crippen LogP contribution >= 0.6 is 11.8 Å². The van der Waals surface area contributed by atoms with E-state index in [0.717, 1.165) is 12.6 Å². The fraction of sp³-hybridized carbons (Fsp3) is 1.00. The van der Waals surface area contributed by atoms with Crippen LogP contribution in [0.3, 0.4) is 0 Å². The van der Waals surface area contributed by atoms with Crippen LogP contribution in [-0.2, 0) is 0 Å². The van der Waals surface area contributed by atoms with Gasteiger partial charge in [-0.05, 0) is 79.1 Å². The van der Waals surface area contributed by atoms with E-state index in [1.807, 2.05) is 11.8 Å². The van der Waals surface area contributed by atoms with Crippen LogP contribution in [0.2, 0.25) is 0 Å². The normalized spacial score (nSPS) is 14.1. The van der Waals surface area contributed by atoms with Crippen LogP contribution in [0.4, 0.5) is 0 Å². The van der Waals surface area contributed by atoms with Gasteiger partial charge in [0.05, 0.1) is 0 Å². The predicted octanol–water partition coefficient (Wildman–Crippen LogP) is 4.01. The molecule has 0 spiro atoms. The monoisotopic (exact) mass is 288 g/mol. The molecule has 2 nitrogen and oxygen atoms in total. The van der Waals surface area contributed by atoms with Crippen LogP contribution in [0, 0.1) is 0 Å². The molecule has 0 heterocycles. The molecule has 0 bridgehead atoms. The van der Waals surface area contributed by atoms with Gasteiger partial charge in [-0.25, -0.2) is 0 Å². The summed E-state index contributed by atoms with van der Waals surface area (Å²) in [5.41, 5.74) is 0.271. The maximum atomic E-state index is 3.55. The summed E-state index contributed by atoms with van der Waals surface area (Å²) < 4.78 is 0. The van der Waals surface area contributed by atoms with Gasteiger partial charge in [-0.1, -0.05) is 12.8 Å². The third-order valence-electron chi connectivity index (χ3n) is 3.59. The van der Waals surface area contributed by atoms with Gasteiger partial charge in [0.15, 0.2) is 0 Å². The molecular formula is C16H36N2S. The predicted molar refractivity (Wildman–Crippen MR) is 91.3 cm³/mol. The highest BCUT2D eigenvalue weighted by atomic mass is 32.2. The molecule has 0 rings (SSSR count). The molecule has 19 heavy (non-hydrogen) atoms. The number of nitrogens with zero attached hydrogens (tertiary/aromatic N) is 1. The average molecular weight is 289 g/mol. The molecule has 0 radical (unpaired) electrons. The lowest BCUT2D eigenvalue weighted by Gasteiger charge is -2.24. The van der Waals surface area contributed by atoms with Crippen LogP contribution < -0.4 is 5.32 Å². The minimum Gasteiger partial charge on any atom is -0.312 e. The van der Waals surface area contributed by atoms with Gasteiger partial charge in [-0.3, -0.25) is 0 Å². The topological polar surface area (TPSA) is 15.3 Å². The number of thioether (sulfide) groups is 1. The molecule has 0 amide bonds. The first-order valence-corrected chi connectivity index (χ1v) is 9.20. The maximum absolute atomic E-state index is 3.55. The Bertz CT molecular complexity index is 201. The highest BCUT2D eigenvalue weighted by molar-refractivity contribution is 7.98. The molecular weight excluding hydrogens is 252 g/mol. The van der Waals surface area contributed by atoms with Crippen molar-refractivity contribution in [2.45, 2.75) is 71.4 Å². The van der Waals surface area contributed by atoms with Crippen LogP contribution in [0.1, 0.15) is 59.8 Å². The third-order valence-corrected chi connectivity index (χ3v) is 4.23. The van der Waals surface area contributed by atoms with Crippen molar-refractivity contribution in [3.05, 3.63) is 0 Å². The second kappa shape index (κ2) is 11.0. The van der Waals surface area contributed by atoms with Crippen molar-refractivity contribution in [3.8, 4) is 0 Å². The van der Waals surface area contributed by atoms with Gasteiger partial charge in [0.1, 0.15) is 0 Å². The molecule has 1 atom stereocenters. The Kier molecular flexibility index (Phi) is 11.1. The van der Waals surface area contributed by atoms with E-state index < -0.39 is 0 Å². The van der Waals surface area contributed by atoms with Crippen LogP contribution in [0.15, 0.2) is 0 Å². The Morgan fingerprint density at radius 2 is 1.74 bits per heavy atom. The van der Waals surface area contributed by atoms with E-state index in [4.69, 9.17) is 0 Å². The van der Waals surface area contributed by atoms with Gasteiger partial charge in [0.2, 0.25) is 0 Å². The van der Waals surface area contributed by atoms with Gasteiger partial charge in [-0.15, -0.1) is 0 Å². The zero-order valence-electron chi connectivity index (χ0n) is 14.1. The van der Waals surface area contributed by atoms with Crippen molar-refractivity contribution in [1.82, 2.24) is 10.2 Å². The van der Waals surface area contributed by atoms with Gasteiger partial charge >= 0.3 is 0 Å². The molecule has 0 saturated heterocycles. The lowest BCUT2D eigenvalue weighted by molar-refractivity contribution is 0.247. The Morgan fingerprint density at radius 3 is 2.32 bits per heavy atom. The molecule has 0 aromatic carbocycles. The summed E-state index contributed by atoms with van der Waals surface area (Å²) in [6.07, 6.45) is 8.88. The molecule has 0 fully saturated rings. The van der Waals surface area contributed by atoms with Gasteiger partial charge < -0.3 is 10.2 Å². The number of hydrogen-bond donors (Lipinski definition) is 1. The van der Waals surface area contributed by atoms with E-state index in [1.54, 1.807) is 0 Å². The fourth-order valence-electron chi connectivity index (χ4n) is 2.03. The number of nitrogens with one attached hydrogen (secondary N) is 1. The number of hydrogen-bond acceptors (Lipinski definition) is 3. The van der Waals surface area contributed by atoms with Crippen LogP contribution in [0.5, 0.6) is 0 Å². The first kappa shape index (κ1) is 19.3. The molecule has 1 N–H and O–H groups in total. The van der Waals surface area contributed by atoms with Gasteiger partial charge in [-0.2, -0.15) is 11.8 Å². The molecule has 0 aliphatic carbocycles. The van der Waals surface area contributed by atoms with Crippen molar-refractivity contribution in [2.24, 2.45) is 0 Å². The van der Waals surface area contributed by atoms with Gasteiger partial charge in [0.25, 0.3) is 0 Å². The summed E-state index contributed by atoms with van der Waals surface area (Å²) in [6.45, 7) is 11.5. The zero-order valence-corrected chi connectivity index (χ0v) is 14.9. The van der Waals surface area contributed by atoms with Crippen molar-refractivity contribution < 1.29 is 0 Å². The molecule has 0 saturated carbocycles. The lowest BCUT2D eigenvalue weighted by atomic mass is 10.1. The van der Waals surface area contributed by atoms with E-state index >= 15 is 0 Å². The highest BCUT2D eigenvalue weighted by Gasteiger charge is 2.08. The first-order valence-electron chi connectivity index (χ1n) is 7.81. The smallest absolute Gasteiger partial charge is 0.00965 e. The average Bonchev–Trinajstić information content (AvgIpc) is 2.33. The molecule has 0 aliphatic rings. The van der Waals surface area contributed by atoms with E-state index in [-0.39, 0.29) is 5.54 Å². The summed E-state index contributed by atoms with van der Waals surface area (Å²) in [5, 5.41) is 3.55.